The van der Waals surface area contributed by atoms with Gasteiger partial charge < -0.3 is 5.11 Å². The Kier molecular flexibility index (Phi) is 2.03. The molecule has 0 aliphatic heterocycles. The summed E-state index contributed by atoms with van der Waals surface area (Å²) >= 11 is 0. The highest BCUT2D eigenvalue weighted by atomic mass is 19.3. The lowest BCUT2D eigenvalue weighted by Gasteiger charge is -2.03. The van der Waals surface area contributed by atoms with Crippen LogP contribution in [-0.2, 0) is 0 Å². The molecular formula is C7H7F2NO. The predicted molar refractivity (Wildman–Crippen MR) is 35.6 cm³/mol. The van der Waals surface area contributed by atoms with Gasteiger partial charge in [0.25, 0.3) is 6.43 Å². The summed E-state index contributed by atoms with van der Waals surface area (Å²) in [5.41, 5.74) is -0.139. The van der Waals surface area contributed by atoms with E-state index in [1.54, 1.807) is 6.92 Å². The maximum atomic E-state index is 12.0. The largest absolute Gasteiger partial charge is 0.506 e. The van der Waals surface area contributed by atoms with Crippen LogP contribution in [0.1, 0.15) is 17.7 Å². The van der Waals surface area contributed by atoms with E-state index < -0.39 is 17.9 Å². The lowest BCUT2D eigenvalue weighted by molar-refractivity contribution is 0.141. The number of aromatic nitrogens is 1. The predicted octanol–water partition coefficient (Wildman–Crippen LogP) is 2.03. The van der Waals surface area contributed by atoms with Crippen molar-refractivity contribution < 1.29 is 13.9 Å². The molecule has 0 radical (unpaired) electrons. The van der Waals surface area contributed by atoms with Crippen LogP contribution in [0.2, 0.25) is 0 Å². The van der Waals surface area contributed by atoms with E-state index >= 15 is 0 Å². The number of nitrogens with zero attached hydrogens (tertiary/aromatic N) is 1. The van der Waals surface area contributed by atoms with Gasteiger partial charge in [0, 0.05) is 6.20 Å². The van der Waals surface area contributed by atoms with Gasteiger partial charge in [0.05, 0.1) is 0 Å². The molecule has 0 saturated carbocycles. The number of alkyl halides is 2. The van der Waals surface area contributed by atoms with Crippen LogP contribution in [0.15, 0.2) is 12.3 Å². The van der Waals surface area contributed by atoms with Gasteiger partial charge in [-0.2, -0.15) is 0 Å². The number of pyridine rings is 1. The highest BCUT2D eigenvalue weighted by Gasteiger charge is 2.14. The van der Waals surface area contributed by atoms with Crippen LogP contribution < -0.4 is 0 Å². The summed E-state index contributed by atoms with van der Waals surface area (Å²) < 4.78 is 24.0. The second-order valence-corrected chi connectivity index (χ2v) is 2.16. The molecule has 1 N–H and O–H groups in total. The molecule has 11 heavy (non-hydrogen) atoms. The highest BCUT2D eigenvalue weighted by molar-refractivity contribution is 5.34. The van der Waals surface area contributed by atoms with Crippen molar-refractivity contribution in [2.45, 2.75) is 13.3 Å². The molecule has 0 atom stereocenters. The summed E-state index contributed by atoms with van der Waals surface area (Å²) in [5, 5.41) is 9.03. The Bertz CT molecular complexity index is 263. The topological polar surface area (TPSA) is 33.1 Å². The molecule has 0 aliphatic rings. The summed E-state index contributed by atoms with van der Waals surface area (Å²) in [6.45, 7) is 1.54. The van der Waals surface area contributed by atoms with E-state index in [-0.39, 0.29) is 0 Å². The van der Waals surface area contributed by atoms with E-state index in [0.717, 1.165) is 0 Å². The number of aromatic hydroxyl groups is 1. The number of rotatable bonds is 1. The molecule has 0 saturated heterocycles. The molecule has 0 aliphatic carbocycles. The monoisotopic (exact) mass is 159 g/mol. The average Bonchev–Trinajstić information content (AvgIpc) is 1.94. The first-order chi connectivity index (χ1) is 5.13. The van der Waals surface area contributed by atoms with Crippen molar-refractivity contribution in [3.05, 3.63) is 23.5 Å². The molecule has 0 unspecified atom stereocenters. The fourth-order valence-electron chi connectivity index (χ4n) is 0.731. The van der Waals surface area contributed by atoms with Crippen molar-refractivity contribution in [1.82, 2.24) is 4.98 Å². The minimum Gasteiger partial charge on any atom is -0.506 e. The lowest BCUT2D eigenvalue weighted by atomic mass is 10.2. The number of aryl methyl sites for hydroxylation is 1. The summed E-state index contributed by atoms with van der Waals surface area (Å²) in [4.78, 5) is 3.34. The van der Waals surface area contributed by atoms with Gasteiger partial charge in [-0.15, -0.1) is 0 Å². The summed E-state index contributed by atoms with van der Waals surface area (Å²) in [7, 11) is 0. The third-order valence-electron chi connectivity index (χ3n) is 1.36. The van der Waals surface area contributed by atoms with Crippen molar-refractivity contribution in [3.63, 3.8) is 0 Å². The van der Waals surface area contributed by atoms with Gasteiger partial charge in [0.15, 0.2) is 0 Å². The molecule has 1 aromatic rings. The zero-order valence-electron chi connectivity index (χ0n) is 5.88. The van der Waals surface area contributed by atoms with Gasteiger partial charge in [-0.25, -0.2) is 8.78 Å². The maximum absolute atomic E-state index is 12.0. The molecule has 0 amide bonds. The zero-order valence-corrected chi connectivity index (χ0v) is 5.88. The molecule has 0 bridgehead atoms. The molecule has 60 valence electrons. The van der Waals surface area contributed by atoms with Crippen LogP contribution in [0, 0.1) is 6.92 Å². The second-order valence-electron chi connectivity index (χ2n) is 2.16. The molecule has 1 rings (SSSR count). The van der Waals surface area contributed by atoms with E-state index in [9.17, 15) is 8.78 Å². The van der Waals surface area contributed by atoms with Gasteiger partial charge in [-0.3, -0.25) is 4.98 Å². The first kappa shape index (κ1) is 7.91. The van der Waals surface area contributed by atoms with Crippen molar-refractivity contribution in [2.75, 3.05) is 0 Å². The van der Waals surface area contributed by atoms with Crippen molar-refractivity contribution in [1.29, 1.82) is 0 Å². The lowest BCUT2D eigenvalue weighted by Crippen LogP contribution is -1.91. The SMILES string of the molecule is Cc1ccnc(C(F)F)c1O. The molecule has 1 heterocycles. The van der Waals surface area contributed by atoms with E-state index in [1.165, 1.54) is 12.3 Å². The standard InChI is InChI=1S/C7H7F2NO/c1-4-2-3-10-5(6(4)11)7(8)9/h2-3,7,11H,1H3. The van der Waals surface area contributed by atoms with E-state index in [4.69, 9.17) is 5.11 Å². The molecule has 2 nitrogen and oxygen atoms in total. The fourth-order valence-corrected chi connectivity index (χ4v) is 0.731. The molecule has 4 heteroatoms. The van der Waals surface area contributed by atoms with Crippen LogP contribution >= 0.6 is 0 Å². The first-order valence-corrected chi connectivity index (χ1v) is 3.05. The number of halogens is 2. The van der Waals surface area contributed by atoms with Gasteiger partial charge in [0.2, 0.25) is 0 Å². The molecule has 0 aromatic carbocycles. The second kappa shape index (κ2) is 2.82. The van der Waals surface area contributed by atoms with Crippen LogP contribution in [0.4, 0.5) is 8.78 Å². The third-order valence-corrected chi connectivity index (χ3v) is 1.36. The van der Waals surface area contributed by atoms with Gasteiger partial charge >= 0.3 is 0 Å². The van der Waals surface area contributed by atoms with Crippen molar-refractivity contribution in [2.24, 2.45) is 0 Å². The minimum absolute atomic E-state index is 0.412. The Hall–Kier alpha value is -1.19. The smallest absolute Gasteiger partial charge is 0.284 e. The molecule has 1 aromatic heterocycles. The Morgan fingerprint density at radius 1 is 1.55 bits per heavy atom. The third kappa shape index (κ3) is 1.45. The van der Waals surface area contributed by atoms with Gasteiger partial charge in [-0.05, 0) is 18.6 Å². The zero-order chi connectivity index (χ0) is 8.43. The Labute approximate surface area is 62.5 Å². The molecule has 0 spiro atoms. The van der Waals surface area contributed by atoms with Crippen LogP contribution in [0.25, 0.3) is 0 Å². The van der Waals surface area contributed by atoms with Crippen molar-refractivity contribution in [3.8, 4) is 5.75 Å². The normalized spacial score (nSPS) is 10.5. The molecule has 0 fully saturated rings. The van der Waals surface area contributed by atoms with E-state index in [2.05, 4.69) is 4.98 Å². The van der Waals surface area contributed by atoms with Crippen LogP contribution in [0.5, 0.6) is 5.75 Å². The summed E-state index contributed by atoms with van der Waals surface area (Å²) in [6, 6.07) is 1.47. The van der Waals surface area contributed by atoms with E-state index in [1.807, 2.05) is 0 Å². The maximum Gasteiger partial charge on any atom is 0.284 e. The Morgan fingerprint density at radius 3 is 2.64 bits per heavy atom. The quantitative estimate of drug-likeness (QED) is 0.680. The van der Waals surface area contributed by atoms with Crippen LogP contribution in [0.3, 0.4) is 0 Å². The van der Waals surface area contributed by atoms with Gasteiger partial charge in [-0.1, -0.05) is 0 Å². The number of hydrogen-bond donors (Lipinski definition) is 1. The summed E-state index contributed by atoms with van der Waals surface area (Å²) in [5.74, 6) is -0.414. The summed E-state index contributed by atoms with van der Waals surface area (Å²) in [6.07, 6.45) is -1.47. The van der Waals surface area contributed by atoms with Crippen molar-refractivity contribution >= 4 is 0 Å². The average molecular weight is 159 g/mol. The number of hydrogen-bond acceptors (Lipinski definition) is 2. The molecular weight excluding hydrogens is 152 g/mol. The minimum atomic E-state index is -2.71. The first-order valence-electron chi connectivity index (χ1n) is 3.05. The van der Waals surface area contributed by atoms with E-state index in [0.29, 0.717) is 5.56 Å². The highest BCUT2D eigenvalue weighted by Crippen LogP contribution is 2.27. The fraction of sp³-hybridized carbons (Fsp3) is 0.286. The Morgan fingerprint density at radius 2 is 2.18 bits per heavy atom. The van der Waals surface area contributed by atoms with Crippen LogP contribution in [-0.4, -0.2) is 10.1 Å². The Balaban J connectivity index is 3.17. The van der Waals surface area contributed by atoms with Gasteiger partial charge in [0.1, 0.15) is 11.4 Å².